The van der Waals surface area contributed by atoms with Crippen LogP contribution < -0.4 is 5.73 Å². The number of nitrogens with zero attached hydrogens (tertiary/aromatic N) is 1. The van der Waals surface area contributed by atoms with Gasteiger partial charge in [0, 0.05) is 19.2 Å². The first-order valence-electron chi connectivity index (χ1n) is 6.23. The summed E-state index contributed by atoms with van der Waals surface area (Å²) in [5.41, 5.74) is 6.05. The summed E-state index contributed by atoms with van der Waals surface area (Å²) in [6.45, 7) is 4.44. The minimum Gasteiger partial charge on any atom is -0.389 e. The van der Waals surface area contributed by atoms with Gasteiger partial charge in [0.15, 0.2) is 0 Å². The van der Waals surface area contributed by atoms with Gasteiger partial charge in [-0.05, 0) is 26.0 Å². The fourth-order valence-electron chi connectivity index (χ4n) is 1.53. The van der Waals surface area contributed by atoms with Gasteiger partial charge in [0.2, 0.25) is 10.0 Å². The van der Waals surface area contributed by atoms with Gasteiger partial charge in [-0.15, -0.1) is 0 Å². The second-order valence-corrected chi connectivity index (χ2v) is 7.12. The molecular formula is C13H20N2O3S2. The van der Waals surface area contributed by atoms with Crippen molar-refractivity contribution in [2.24, 2.45) is 5.73 Å². The van der Waals surface area contributed by atoms with Crippen LogP contribution in [0.15, 0.2) is 29.2 Å². The Bertz CT molecular complexity index is 571. The van der Waals surface area contributed by atoms with E-state index in [1.165, 1.54) is 23.5 Å². The van der Waals surface area contributed by atoms with Crippen molar-refractivity contribution in [2.75, 3.05) is 20.2 Å². The van der Waals surface area contributed by atoms with E-state index in [0.29, 0.717) is 12.2 Å². The first-order chi connectivity index (χ1) is 9.25. The van der Waals surface area contributed by atoms with Crippen molar-refractivity contribution in [3.8, 4) is 0 Å². The number of thiocarbonyl (C=S) groups is 1. The van der Waals surface area contributed by atoms with E-state index in [-0.39, 0.29) is 22.5 Å². The van der Waals surface area contributed by atoms with Gasteiger partial charge in [0.1, 0.15) is 4.99 Å². The maximum absolute atomic E-state index is 12.4. The van der Waals surface area contributed by atoms with Gasteiger partial charge in [-0.2, -0.15) is 4.31 Å². The average Bonchev–Trinajstić information content (AvgIpc) is 2.38. The van der Waals surface area contributed by atoms with Crippen molar-refractivity contribution in [1.29, 1.82) is 0 Å². The molecule has 0 aliphatic heterocycles. The topological polar surface area (TPSA) is 72.6 Å². The summed E-state index contributed by atoms with van der Waals surface area (Å²) < 4.78 is 31.4. The van der Waals surface area contributed by atoms with E-state index in [2.05, 4.69) is 0 Å². The van der Waals surface area contributed by atoms with Crippen LogP contribution >= 0.6 is 12.2 Å². The molecule has 0 saturated heterocycles. The zero-order chi connectivity index (χ0) is 15.3. The second-order valence-electron chi connectivity index (χ2n) is 4.64. The highest BCUT2D eigenvalue weighted by Crippen LogP contribution is 2.16. The van der Waals surface area contributed by atoms with Crippen LogP contribution in [0.4, 0.5) is 0 Å². The predicted molar refractivity (Wildman–Crippen MR) is 83.2 cm³/mol. The van der Waals surface area contributed by atoms with Crippen LogP contribution in [-0.4, -0.2) is 44.0 Å². The van der Waals surface area contributed by atoms with Crippen LogP contribution in [-0.2, 0) is 14.8 Å². The number of sulfonamides is 1. The first kappa shape index (κ1) is 17.0. The number of rotatable bonds is 7. The summed E-state index contributed by atoms with van der Waals surface area (Å²) in [6.07, 6.45) is 0.0732. The van der Waals surface area contributed by atoms with Crippen molar-refractivity contribution >= 4 is 27.2 Å². The molecule has 0 aliphatic carbocycles. The van der Waals surface area contributed by atoms with Gasteiger partial charge in [-0.1, -0.05) is 24.4 Å². The van der Waals surface area contributed by atoms with E-state index in [9.17, 15) is 8.42 Å². The van der Waals surface area contributed by atoms with Gasteiger partial charge in [-0.3, -0.25) is 0 Å². The van der Waals surface area contributed by atoms with E-state index in [0.717, 1.165) is 0 Å². The Morgan fingerprint density at radius 1 is 1.45 bits per heavy atom. The van der Waals surface area contributed by atoms with E-state index in [1.54, 1.807) is 12.1 Å². The molecule has 0 spiro atoms. The Morgan fingerprint density at radius 3 is 2.65 bits per heavy atom. The van der Waals surface area contributed by atoms with Crippen molar-refractivity contribution in [1.82, 2.24) is 4.31 Å². The maximum atomic E-state index is 12.4. The lowest BCUT2D eigenvalue weighted by molar-refractivity contribution is 0.0737. The van der Waals surface area contributed by atoms with Gasteiger partial charge in [0.05, 0.1) is 17.6 Å². The molecule has 0 bridgehead atoms. The first-order valence-corrected chi connectivity index (χ1v) is 8.08. The average molecular weight is 316 g/mol. The van der Waals surface area contributed by atoms with Gasteiger partial charge in [-0.25, -0.2) is 8.42 Å². The molecule has 0 amide bonds. The van der Waals surface area contributed by atoms with E-state index in [4.69, 9.17) is 22.7 Å². The van der Waals surface area contributed by atoms with Gasteiger partial charge < -0.3 is 10.5 Å². The number of benzene rings is 1. The minimum absolute atomic E-state index is 0.0732. The highest BCUT2D eigenvalue weighted by molar-refractivity contribution is 7.89. The van der Waals surface area contributed by atoms with Crippen molar-refractivity contribution < 1.29 is 13.2 Å². The van der Waals surface area contributed by atoms with E-state index >= 15 is 0 Å². The number of likely N-dealkylation sites (N-methyl/N-ethyl adjacent to an activating group) is 1. The number of hydrogen-bond acceptors (Lipinski definition) is 4. The third-order valence-corrected chi connectivity index (χ3v) is 4.77. The summed E-state index contributed by atoms with van der Waals surface area (Å²) in [7, 11) is -2.03. The van der Waals surface area contributed by atoms with Crippen LogP contribution in [0.1, 0.15) is 19.4 Å². The molecule has 0 saturated carbocycles. The van der Waals surface area contributed by atoms with Crippen molar-refractivity contribution in [3.05, 3.63) is 29.8 Å². The quantitative estimate of drug-likeness (QED) is 0.769. The summed E-state index contributed by atoms with van der Waals surface area (Å²) in [6, 6.07) is 6.32. The van der Waals surface area contributed by atoms with Gasteiger partial charge in [0.25, 0.3) is 0 Å². The molecule has 0 aliphatic rings. The highest BCUT2D eigenvalue weighted by Gasteiger charge is 2.21. The molecule has 0 radical (unpaired) electrons. The van der Waals surface area contributed by atoms with Crippen molar-refractivity contribution in [2.45, 2.75) is 24.8 Å². The zero-order valence-electron chi connectivity index (χ0n) is 11.9. The van der Waals surface area contributed by atoms with Gasteiger partial charge >= 0.3 is 0 Å². The van der Waals surface area contributed by atoms with Crippen LogP contribution in [0, 0.1) is 0 Å². The monoisotopic (exact) mass is 316 g/mol. The summed E-state index contributed by atoms with van der Waals surface area (Å²) in [5, 5.41) is 0. The highest BCUT2D eigenvalue weighted by atomic mass is 32.2. The molecule has 7 heteroatoms. The molecule has 0 atom stereocenters. The van der Waals surface area contributed by atoms with Crippen LogP contribution in [0.5, 0.6) is 0 Å². The largest absolute Gasteiger partial charge is 0.389 e. The molecule has 0 unspecified atom stereocenters. The van der Waals surface area contributed by atoms with Crippen LogP contribution in [0.2, 0.25) is 0 Å². The molecule has 0 aromatic heterocycles. The summed E-state index contributed by atoms with van der Waals surface area (Å²) in [5.74, 6) is 0. The van der Waals surface area contributed by atoms with Crippen molar-refractivity contribution in [3.63, 3.8) is 0 Å². The normalized spacial score (nSPS) is 12.1. The zero-order valence-corrected chi connectivity index (χ0v) is 13.5. The standard InChI is InChI=1S/C13H20N2O3S2/c1-10(2)18-8-7-15(3)20(16,17)12-6-4-5-11(9-12)13(14)19/h4-6,9-10H,7-8H2,1-3H3,(H2,14,19). The Labute approximate surface area is 125 Å². The Morgan fingerprint density at radius 2 is 2.10 bits per heavy atom. The van der Waals surface area contributed by atoms with E-state index in [1.807, 2.05) is 13.8 Å². The lowest BCUT2D eigenvalue weighted by Crippen LogP contribution is -2.31. The van der Waals surface area contributed by atoms with Crippen LogP contribution in [0.3, 0.4) is 0 Å². The molecule has 2 N–H and O–H groups in total. The number of ether oxygens (including phenoxy) is 1. The lowest BCUT2D eigenvalue weighted by Gasteiger charge is -2.18. The third-order valence-electron chi connectivity index (χ3n) is 2.68. The number of hydrogen-bond donors (Lipinski definition) is 1. The molecule has 1 aromatic rings. The Kier molecular flexibility index (Phi) is 6.07. The number of nitrogens with two attached hydrogens (primary N) is 1. The fourth-order valence-corrected chi connectivity index (χ4v) is 2.86. The Hall–Kier alpha value is -1.02. The third kappa shape index (κ3) is 4.52. The fraction of sp³-hybridized carbons (Fsp3) is 0.462. The lowest BCUT2D eigenvalue weighted by atomic mass is 10.2. The summed E-state index contributed by atoms with van der Waals surface area (Å²) in [4.78, 5) is 0.350. The smallest absolute Gasteiger partial charge is 0.242 e. The molecule has 0 heterocycles. The maximum Gasteiger partial charge on any atom is 0.242 e. The summed E-state index contributed by atoms with van der Waals surface area (Å²) >= 11 is 4.86. The molecule has 5 nitrogen and oxygen atoms in total. The minimum atomic E-state index is -3.55. The molecule has 20 heavy (non-hydrogen) atoms. The molecular weight excluding hydrogens is 296 g/mol. The SMILES string of the molecule is CC(C)OCCN(C)S(=O)(=O)c1cccc(C(N)=S)c1. The predicted octanol–water partition coefficient (Wildman–Crippen LogP) is 1.37. The Balaban J connectivity index is 2.87. The molecule has 1 rings (SSSR count). The second kappa shape index (κ2) is 7.12. The van der Waals surface area contributed by atoms with Crippen LogP contribution in [0.25, 0.3) is 0 Å². The molecule has 112 valence electrons. The molecule has 0 fully saturated rings. The molecule has 1 aromatic carbocycles. The van der Waals surface area contributed by atoms with E-state index < -0.39 is 10.0 Å².